The van der Waals surface area contributed by atoms with E-state index in [1.54, 1.807) is 6.07 Å². The van der Waals surface area contributed by atoms with Crippen molar-refractivity contribution in [1.82, 2.24) is 4.98 Å². The van der Waals surface area contributed by atoms with Gasteiger partial charge in [0.05, 0.1) is 16.8 Å². The van der Waals surface area contributed by atoms with Crippen LogP contribution in [0.25, 0.3) is 22.2 Å². The summed E-state index contributed by atoms with van der Waals surface area (Å²) in [5.41, 5.74) is 5.21. The molecule has 0 atom stereocenters. The molecule has 1 N–H and O–H groups in total. The summed E-state index contributed by atoms with van der Waals surface area (Å²) in [5, 5.41) is 3.51. The second kappa shape index (κ2) is 9.32. The van der Waals surface area contributed by atoms with Crippen molar-refractivity contribution in [2.75, 3.05) is 11.9 Å². The molecule has 0 aliphatic rings. The number of carbonyl (C=O) groups is 2. The van der Waals surface area contributed by atoms with E-state index in [2.05, 4.69) is 26.2 Å². The molecule has 0 aliphatic heterocycles. The van der Waals surface area contributed by atoms with Crippen molar-refractivity contribution in [1.29, 1.82) is 0 Å². The second-order valence-corrected chi connectivity index (χ2v) is 8.39. The number of aromatic nitrogens is 1. The Bertz CT molecular complexity index is 1300. The molecule has 0 saturated heterocycles. The first kappa shape index (κ1) is 21.7. The first-order chi connectivity index (χ1) is 15.4. The number of aryl methyl sites for hydroxylation is 2. The number of nitrogens with one attached hydrogen (secondary N) is 1. The van der Waals surface area contributed by atoms with E-state index in [-0.39, 0.29) is 12.5 Å². The fourth-order valence-electron chi connectivity index (χ4n) is 3.51. The largest absolute Gasteiger partial charge is 0.452 e. The summed E-state index contributed by atoms with van der Waals surface area (Å²) in [4.78, 5) is 30.1. The number of para-hydroxylation sites is 2. The van der Waals surface area contributed by atoms with Gasteiger partial charge >= 0.3 is 5.97 Å². The minimum absolute atomic E-state index is 0.369. The van der Waals surface area contributed by atoms with Gasteiger partial charge in [-0.15, -0.1) is 0 Å². The lowest BCUT2D eigenvalue weighted by molar-refractivity contribution is -0.119. The minimum atomic E-state index is -0.571. The molecule has 5 nitrogen and oxygen atoms in total. The van der Waals surface area contributed by atoms with E-state index >= 15 is 0 Å². The number of nitrogens with zero attached hydrogens (tertiary/aromatic N) is 1. The fraction of sp³-hybridized carbons (Fsp3) is 0.115. The van der Waals surface area contributed by atoms with Gasteiger partial charge in [0, 0.05) is 21.1 Å². The zero-order valence-electron chi connectivity index (χ0n) is 17.7. The summed E-state index contributed by atoms with van der Waals surface area (Å²) in [6.45, 7) is 3.46. The van der Waals surface area contributed by atoms with Crippen molar-refractivity contribution < 1.29 is 14.3 Å². The van der Waals surface area contributed by atoms with Gasteiger partial charge in [0.1, 0.15) is 0 Å². The molecule has 160 valence electrons. The molecule has 6 heteroatoms. The SMILES string of the molecule is Cc1cccc(C)c1NC(=O)COC(=O)c1cc(-c2ccc(Br)cc2)nc2ccccc12. The molecular weight excluding hydrogens is 468 g/mol. The zero-order chi connectivity index (χ0) is 22.7. The number of hydrogen-bond donors (Lipinski definition) is 1. The summed E-state index contributed by atoms with van der Waals surface area (Å²) in [6, 6.07) is 22.5. The van der Waals surface area contributed by atoms with Crippen LogP contribution in [0, 0.1) is 13.8 Å². The molecule has 1 amide bonds. The predicted octanol–water partition coefficient (Wildman–Crippen LogP) is 6.08. The van der Waals surface area contributed by atoms with Crippen LogP contribution in [0.5, 0.6) is 0 Å². The molecule has 0 radical (unpaired) electrons. The van der Waals surface area contributed by atoms with Gasteiger partial charge < -0.3 is 10.1 Å². The number of fused-ring (bicyclic) bond motifs is 1. The number of anilines is 1. The van der Waals surface area contributed by atoms with Crippen molar-refractivity contribution in [3.63, 3.8) is 0 Å². The third-order valence-corrected chi connectivity index (χ3v) is 5.68. The minimum Gasteiger partial charge on any atom is -0.452 e. The number of rotatable bonds is 5. The van der Waals surface area contributed by atoms with Gasteiger partial charge in [-0.25, -0.2) is 9.78 Å². The van der Waals surface area contributed by atoms with E-state index in [4.69, 9.17) is 4.74 Å². The Morgan fingerprint density at radius 2 is 1.62 bits per heavy atom. The van der Waals surface area contributed by atoms with Gasteiger partial charge in [0.2, 0.25) is 0 Å². The highest BCUT2D eigenvalue weighted by atomic mass is 79.9. The monoisotopic (exact) mass is 488 g/mol. The average Bonchev–Trinajstić information content (AvgIpc) is 2.79. The van der Waals surface area contributed by atoms with E-state index < -0.39 is 5.97 Å². The number of esters is 1. The average molecular weight is 489 g/mol. The molecule has 0 bridgehead atoms. The fourth-order valence-corrected chi connectivity index (χ4v) is 3.77. The molecule has 32 heavy (non-hydrogen) atoms. The molecule has 1 aromatic heterocycles. The summed E-state index contributed by atoms with van der Waals surface area (Å²) >= 11 is 3.43. The second-order valence-electron chi connectivity index (χ2n) is 7.47. The molecule has 3 aromatic carbocycles. The molecule has 0 aliphatic carbocycles. The van der Waals surface area contributed by atoms with Crippen LogP contribution >= 0.6 is 15.9 Å². The summed E-state index contributed by atoms with van der Waals surface area (Å²) in [6.07, 6.45) is 0. The predicted molar refractivity (Wildman–Crippen MR) is 130 cm³/mol. The lowest BCUT2D eigenvalue weighted by Gasteiger charge is -2.12. The van der Waals surface area contributed by atoms with Crippen molar-refractivity contribution >= 4 is 44.4 Å². The Balaban J connectivity index is 1.57. The lowest BCUT2D eigenvalue weighted by atomic mass is 10.0. The van der Waals surface area contributed by atoms with E-state index in [1.165, 1.54) is 0 Å². The normalized spacial score (nSPS) is 10.7. The highest BCUT2D eigenvalue weighted by molar-refractivity contribution is 9.10. The van der Waals surface area contributed by atoms with Crippen LogP contribution in [0.15, 0.2) is 77.3 Å². The Kier molecular flexibility index (Phi) is 6.32. The van der Waals surface area contributed by atoms with Crippen LogP contribution in [0.2, 0.25) is 0 Å². The van der Waals surface area contributed by atoms with Crippen molar-refractivity contribution in [2.24, 2.45) is 0 Å². The van der Waals surface area contributed by atoms with Gasteiger partial charge in [-0.3, -0.25) is 4.79 Å². The van der Waals surface area contributed by atoms with Crippen molar-refractivity contribution in [3.05, 3.63) is 94.0 Å². The number of hydrogen-bond acceptors (Lipinski definition) is 4. The summed E-state index contributed by atoms with van der Waals surface area (Å²) in [5.74, 6) is -0.958. The van der Waals surface area contributed by atoms with E-state index in [9.17, 15) is 9.59 Å². The Labute approximate surface area is 194 Å². The molecule has 4 aromatic rings. The topological polar surface area (TPSA) is 68.3 Å². The molecule has 0 saturated carbocycles. The van der Waals surface area contributed by atoms with E-state index in [0.29, 0.717) is 22.2 Å². The number of amides is 1. The number of carbonyl (C=O) groups excluding carboxylic acids is 2. The Morgan fingerprint density at radius 1 is 0.938 bits per heavy atom. The third kappa shape index (κ3) is 4.70. The maximum absolute atomic E-state index is 12.9. The molecular formula is C26H21BrN2O3. The molecule has 0 spiro atoms. The number of pyridine rings is 1. The van der Waals surface area contributed by atoms with Gasteiger partial charge in [-0.2, -0.15) is 0 Å². The van der Waals surface area contributed by atoms with Crippen LogP contribution in [-0.4, -0.2) is 23.5 Å². The van der Waals surface area contributed by atoms with Crippen LogP contribution in [0.3, 0.4) is 0 Å². The van der Waals surface area contributed by atoms with Gasteiger partial charge in [-0.05, 0) is 49.2 Å². The van der Waals surface area contributed by atoms with E-state index in [1.807, 2.05) is 80.6 Å². The molecule has 0 unspecified atom stereocenters. The smallest absolute Gasteiger partial charge is 0.339 e. The van der Waals surface area contributed by atoms with Crippen LogP contribution in [0.1, 0.15) is 21.5 Å². The third-order valence-electron chi connectivity index (χ3n) is 5.16. The summed E-state index contributed by atoms with van der Waals surface area (Å²) in [7, 11) is 0. The van der Waals surface area contributed by atoms with Gasteiger partial charge in [-0.1, -0.05) is 64.5 Å². The highest BCUT2D eigenvalue weighted by Crippen LogP contribution is 2.26. The maximum Gasteiger partial charge on any atom is 0.339 e. The quantitative estimate of drug-likeness (QED) is 0.345. The highest BCUT2D eigenvalue weighted by Gasteiger charge is 2.17. The molecule has 1 heterocycles. The van der Waals surface area contributed by atoms with Crippen molar-refractivity contribution in [2.45, 2.75) is 13.8 Å². The Morgan fingerprint density at radius 3 is 2.34 bits per heavy atom. The van der Waals surface area contributed by atoms with Crippen LogP contribution < -0.4 is 5.32 Å². The summed E-state index contributed by atoms with van der Waals surface area (Å²) < 4.78 is 6.33. The first-order valence-electron chi connectivity index (χ1n) is 10.1. The molecule has 0 fully saturated rings. The Hall–Kier alpha value is -3.51. The lowest BCUT2D eigenvalue weighted by Crippen LogP contribution is -2.22. The zero-order valence-corrected chi connectivity index (χ0v) is 19.3. The maximum atomic E-state index is 12.9. The van der Waals surface area contributed by atoms with Gasteiger partial charge in [0.25, 0.3) is 5.91 Å². The first-order valence-corrected chi connectivity index (χ1v) is 10.9. The number of benzene rings is 3. The van der Waals surface area contributed by atoms with E-state index in [0.717, 1.165) is 26.9 Å². The molecule has 4 rings (SSSR count). The standard InChI is InChI=1S/C26H21BrN2O3/c1-16-6-5-7-17(2)25(16)29-24(30)15-32-26(31)21-14-23(18-10-12-19(27)13-11-18)28-22-9-4-3-8-20(21)22/h3-14H,15H2,1-2H3,(H,29,30). The van der Waals surface area contributed by atoms with Crippen LogP contribution in [0.4, 0.5) is 5.69 Å². The van der Waals surface area contributed by atoms with Gasteiger partial charge in [0.15, 0.2) is 6.61 Å². The number of ether oxygens (including phenoxy) is 1. The van der Waals surface area contributed by atoms with Crippen LogP contribution in [-0.2, 0) is 9.53 Å². The number of halogens is 1. The van der Waals surface area contributed by atoms with Crippen molar-refractivity contribution in [3.8, 4) is 11.3 Å².